The predicted octanol–water partition coefficient (Wildman–Crippen LogP) is 6.88. The van der Waals surface area contributed by atoms with E-state index in [0.29, 0.717) is 41.6 Å². The third-order valence-corrected chi connectivity index (χ3v) is 5.84. The lowest BCUT2D eigenvalue weighted by Crippen LogP contribution is -2.09. The molecule has 39 heavy (non-hydrogen) atoms. The summed E-state index contributed by atoms with van der Waals surface area (Å²) in [5.74, 6) is 0.0623. The second-order valence-corrected chi connectivity index (χ2v) is 8.98. The highest BCUT2D eigenvalue weighted by atomic mass is 16.5. The van der Waals surface area contributed by atoms with Gasteiger partial charge in [0.05, 0.1) is 24.3 Å². The van der Waals surface area contributed by atoms with Crippen molar-refractivity contribution in [3.05, 3.63) is 102 Å². The van der Waals surface area contributed by atoms with Gasteiger partial charge in [-0.3, -0.25) is 0 Å². The van der Waals surface area contributed by atoms with E-state index in [-0.39, 0.29) is 5.97 Å². The first-order valence-corrected chi connectivity index (χ1v) is 13.1. The van der Waals surface area contributed by atoms with Crippen molar-refractivity contribution in [1.82, 2.24) is 0 Å². The van der Waals surface area contributed by atoms with E-state index in [1.54, 1.807) is 60.7 Å². The van der Waals surface area contributed by atoms with Crippen LogP contribution in [0.1, 0.15) is 64.8 Å². The Morgan fingerprint density at radius 3 is 1.56 bits per heavy atom. The minimum absolute atomic E-state index is 0.341. The molecule has 0 heterocycles. The maximum absolute atomic E-state index is 12.5. The first kappa shape index (κ1) is 29.2. The molecule has 3 rings (SSSR count). The Kier molecular flexibility index (Phi) is 11.8. The van der Waals surface area contributed by atoms with Crippen LogP contribution in [-0.2, 0) is 9.53 Å². The highest BCUT2D eigenvalue weighted by Crippen LogP contribution is 2.21. The maximum atomic E-state index is 12.5. The van der Waals surface area contributed by atoms with Crippen molar-refractivity contribution in [2.24, 2.45) is 0 Å². The molecule has 7 heteroatoms. The van der Waals surface area contributed by atoms with E-state index < -0.39 is 11.9 Å². The SMILES string of the molecule is C=CC(=O)OCCCCCCCCOc1ccc(C(=O)Oc2ccc(OC(=O)c3ccc(C)cc3)cc2)cc1. The van der Waals surface area contributed by atoms with Crippen LogP contribution >= 0.6 is 0 Å². The number of carbonyl (C=O) groups excluding carboxylic acids is 3. The Morgan fingerprint density at radius 1 is 0.615 bits per heavy atom. The zero-order valence-corrected chi connectivity index (χ0v) is 22.2. The van der Waals surface area contributed by atoms with Gasteiger partial charge in [0.1, 0.15) is 17.2 Å². The van der Waals surface area contributed by atoms with Crippen LogP contribution in [0.5, 0.6) is 17.2 Å². The van der Waals surface area contributed by atoms with Crippen LogP contribution in [0.3, 0.4) is 0 Å². The Morgan fingerprint density at radius 2 is 1.05 bits per heavy atom. The van der Waals surface area contributed by atoms with Crippen molar-refractivity contribution in [1.29, 1.82) is 0 Å². The first-order valence-electron chi connectivity index (χ1n) is 13.1. The topological polar surface area (TPSA) is 88.1 Å². The van der Waals surface area contributed by atoms with Gasteiger partial charge in [-0.15, -0.1) is 0 Å². The second kappa shape index (κ2) is 15.8. The number of aryl methyl sites for hydroxylation is 1. The fraction of sp³-hybridized carbons (Fsp3) is 0.281. The van der Waals surface area contributed by atoms with Crippen LogP contribution < -0.4 is 14.2 Å². The average Bonchev–Trinajstić information content (AvgIpc) is 2.95. The third-order valence-electron chi connectivity index (χ3n) is 5.84. The Balaban J connectivity index is 1.32. The minimum atomic E-state index is -0.495. The van der Waals surface area contributed by atoms with Crippen LogP contribution in [-0.4, -0.2) is 31.1 Å². The molecule has 0 atom stereocenters. The lowest BCUT2D eigenvalue weighted by molar-refractivity contribution is -0.137. The number of unbranched alkanes of at least 4 members (excludes halogenated alkanes) is 5. The van der Waals surface area contributed by atoms with Gasteiger partial charge in [0, 0.05) is 6.08 Å². The summed E-state index contributed by atoms with van der Waals surface area (Å²) in [6.07, 6.45) is 7.24. The van der Waals surface area contributed by atoms with Gasteiger partial charge in [-0.2, -0.15) is 0 Å². The molecule has 0 aliphatic rings. The number of hydrogen-bond acceptors (Lipinski definition) is 7. The Bertz CT molecular complexity index is 1210. The summed E-state index contributed by atoms with van der Waals surface area (Å²) in [5.41, 5.74) is 1.92. The normalized spacial score (nSPS) is 10.4. The minimum Gasteiger partial charge on any atom is -0.494 e. The van der Waals surface area contributed by atoms with Crippen molar-refractivity contribution in [3.8, 4) is 17.2 Å². The molecule has 0 radical (unpaired) electrons. The molecule has 0 aliphatic carbocycles. The van der Waals surface area contributed by atoms with Gasteiger partial charge >= 0.3 is 17.9 Å². The van der Waals surface area contributed by atoms with Gasteiger partial charge in [0.2, 0.25) is 0 Å². The first-order chi connectivity index (χ1) is 18.9. The van der Waals surface area contributed by atoms with Gasteiger partial charge < -0.3 is 18.9 Å². The van der Waals surface area contributed by atoms with Gasteiger partial charge in [0.25, 0.3) is 0 Å². The molecule has 0 bridgehead atoms. The Labute approximate surface area is 229 Å². The van der Waals surface area contributed by atoms with Crippen LogP contribution in [0, 0.1) is 6.92 Å². The molecule has 0 amide bonds. The summed E-state index contributed by atoms with van der Waals surface area (Å²) >= 11 is 0. The van der Waals surface area contributed by atoms with E-state index in [4.69, 9.17) is 18.9 Å². The molecule has 3 aromatic carbocycles. The van der Waals surface area contributed by atoms with Crippen molar-refractivity contribution < 1.29 is 33.3 Å². The van der Waals surface area contributed by atoms with Crippen molar-refractivity contribution >= 4 is 17.9 Å². The quantitative estimate of drug-likeness (QED) is 0.0916. The number of rotatable bonds is 15. The summed E-state index contributed by atoms with van der Waals surface area (Å²) in [6.45, 7) is 6.35. The fourth-order valence-electron chi connectivity index (χ4n) is 3.62. The van der Waals surface area contributed by atoms with E-state index in [1.165, 1.54) is 6.08 Å². The molecule has 0 fully saturated rings. The van der Waals surface area contributed by atoms with Crippen LogP contribution in [0.25, 0.3) is 0 Å². The summed E-state index contributed by atoms with van der Waals surface area (Å²) < 4.78 is 21.5. The molecule has 0 spiro atoms. The molecule has 0 unspecified atom stereocenters. The second-order valence-electron chi connectivity index (χ2n) is 8.98. The zero-order valence-electron chi connectivity index (χ0n) is 22.2. The number of esters is 3. The van der Waals surface area contributed by atoms with Gasteiger partial charge in [0.15, 0.2) is 0 Å². The van der Waals surface area contributed by atoms with Crippen molar-refractivity contribution in [2.75, 3.05) is 13.2 Å². The molecule has 204 valence electrons. The molecular formula is C32H34O7. The van der Waals surface area contributed by atoms with E-state index in [2.05, 4.69) is 6.58 Å². The van der Waals surface area contributed by atoms with Gasteiger partial charge in [-0.1, -0.05) is 50.0 Å². The molecule has 0 N–H and O–H groups in total. The van der Waals surface area contributed by atoms with Gasteiger partial charge in [-0.05, 0) is 80.4 Å². The highest BCUT2D eigenvalue weighted by molar-refractivity contribution is 5.92. The lowest BCUT2D eigenvalue weighted by atomic mass is 10.1. The molecule has 0 saturated heterocycles. The predicted molar refractivity (Wildman–Crippen MR) is 148 cm³/mol. The molecular weight excluding hydrogens is 496 g/mol. The van der Waals surface area contributed by atoms with Crippen LogP contribution in [0.2, 0.25) is 0 Å². The van der Waals surface area contributed by atoms with Crippen molar-refractivity contribution in [3.63, 3.8) is 0 Å². The van der Waals surface area contributed by atoms with E-state index in [9.17, 15) is 14.4 Å². The smallest absolute Gasteiger partial charge is 0.343 e. The molecule has 3 aromatic rings. The molecule has 0 saturated carbocycles. The summed E-state index contributed by atoms with van der Waals surface area (Å²) in [5, 5.41) is 0. The van der Waals surface area contributed by atoms with E-state index in [1.807, 2.05) is 19.1 Å². The maximum Gasteiger partial charge on any atom is 0.343 e. The molecule has 0 aromatic heterocycles. The summed E-state index contributed by atoms with van der Waals surface area (Å²) in [4.78, 5) is 35.7. The largest absolute Gasteiger partial charge is 0.494 e. The zero-order chi connectivity index (χ0) is 27.9. The van der Waals surface area contributed by atoms with Crippen molar-refractivity contribution in [2.45, 2.75) is 45.4 Å². The summed E-state index contributed by atoms with van der Waals surface area (Å²) in [6, 6.07) is 20.2. The number of hydrogen-bond donors (Lipinski definition) is 0. The number of ether oxygens (including phenoxy) is 4. The average molecular weight is 531 g/mol. The third kappa shape index (κ3) is 10.5. The van der Waals surface area contributed by atoms with E-state index in [0.717, 1.165) is 44.1 Å². The number of carbonyl (C=O) groups is 3. The summed E-state index contributed by atoms with van der Waals surface area (Å²) in [7, 11) is 0. The molecule has 0 aliphatic heterocycles. The van der Waals surface area contributed by atoms with E-state index >= 15 is 0 Å². The Hall–Kier alpha value is -4.39. The van der Waals surface area contributed by atoms with Crippen LogP contribution in [0.4, 0.5) is 0 Å². The monoisotopic (exact) mass is 530 g/mol. The number of benzene rings is 3. The standard InChI is InChI=1S/C32H34O7/c1-3-30(33)37-23-9-7-5-4-6-8-22-36-27-16-14-26(15-17-27)32(35)39-29-20-18-28(19-21-29)38-31(34)25-12-10-24(2)11-13-25/h3,10-21H,1,4-9,22-23H2,2H3. The highest BCUT2D eigenvalue weighted by Gasteiger charge is 2.11. The molecule has 7 nitrogen and oxygen atoms in total. The van der Waals surface area contributed by atoms with Gasteiger partial charge in [-0.25, -0.2) is 14.4 Å². The lowest BCUT2D eigenvalue weighted by Gasteiger charge is -2.09. The fourth-order valence-corrected chi connectivity index (χ4v) is 3.62. The van der Waals surface area contributed by atoms with Crippen LogP contribution in [0.15, 0.2) is 85.5 Å².